The molecule has 3 heterocycles. The topological polar surface area (TPSA) is 70.5 Å². The van der Waals surface area contributed by atoms with Crippen molar-refractivity contribution in [2.24, 2.45) is 7.05 Å². The second kappa shape index (κ2) is 7.06. The van der Waals surface area contributed by atoms with Gasteiger partial charge in [-0.05, 0) is 26.8 Å². The number of nitrogens with zero attached hydrogens (tertiary/aromatic N) is 4. The zero-order chi connectivity index (χ0) is 15.9. The SMILES string of the molecule is Cc1nn(C)c(C)c1S(=O)(=O)N1CCN(C2CCNC2)CC1.Cl. The van der Waals surface area contributed by atoms with Crippen molar-refractivity contribution < 1.29 is 8.42 Å². The van der Waals surface area contributed by atoms with Gasteiger partial charge in [0.25, 0.3) is 0 Å². The molecule has 0 bridgehead atoms. The Morgan fingerprint density at radius 2 is 1.83 bits per heavy atom. The van der Waals surface area contributed by atoms with Gasteiger partial charge in [-0.2, -0.15) is 9.40 Å². The van der Waals surface area contributed by atoms with Crippen LogP contribution in [0.5, 0.6) is 0 Å². The van der Waals surface area contributed by atoms with Crippen LogP contribution < -0.4 is 5.32 Å². The van der Waals surface area contributed by atoms with E-state index in [1.165, 1.54) is 0 Å². The lowest BCUT2D eigenvalue weighted by atomic mass is 10.2. The lowest BCUT2D eigenvalue weighted by Gasteiger charge is -2.37. The van der Waals surface area contributed by atoms with E-state index in [0.717, 1.165) is 32.6 Å². The first-order chi connectivity index (χ1) is 10.4. The van der Waals surface area contributed by atoms with Crippen LogP contribution in [0.25, 0.3) is 0 Å². The summed E-state index contributed by atoms with van der Waals surface area (Å²) in [5.41, 5.74) is 1.29. The molecular formula is C14H26ClN5O2S. The zero-order valence-electron chi connectivity index (χ0n) is 13.9. The van der Waals surface area contributed by atoms with Crippen molar-refractivity contribution in [3.05, 3.63) is 11.4 Å². The molecule has 9 heteroatoms. The highest BCUT2D eigenvalue weighted by Gasteiger charge is 2.34. The van der Waals surface area contributed by atoms with Crippen molar-refractivity contribution in [1.29, 1.82) is 0 Å². The van der Waals surface area contributed by atoms with E-state index in [0.29, 0.717) is 35.4 Å². The molecule has 2 fully saturated rings. The fourth-order valence-electron chi connectivity index (χ4n) is 3.52. The summed E-state index contributed by atoms with van der Waals surface area (Å²) in [4.78, 5) is 2.79. The van der Waals surface area contributed by atoms with Crippen molar-refractivity contribution in [2.75, 3.05) is 39.3 Å². The number of halogens is 1. The van der Waals surface area contributed by atoms with Crippen LogP contribution in [-0.4, -0.2) is 72.7 Å². The van der Waals surface area contributed by atoms with Gasteiger partial charge in [-0.1, -0.05) is 0 Å². The fourth-order valence-corrected chi connectivity index (χ4v) is 5.34. The van der Waals surface area contributed by atoms with Crippen LogP contribution in [0.2, 0.25) is 0 Å². The average molecular weight is 364 g/mol. The fraction of sp³-hybridized carbons (Fsp3) is 0.786. The highest BCUT2D eigenvalue weighted by Crippen LogP contribution is 2.24. The summed E-state index contributed by atoms with van der Waals surface area (Å²) in [7, 11) is -1.66. The minimum absolute atomic E-state index is 0. The van der Waals surface area contributed by atoms with Gasteiger partial charge < -0.3 is 5.32 Å². The van der Waals surface area contributed by atoms with Gasteiger partial charge in [-0.15, -0.1) is 12.4 Å². The number of hydrogen-bond acceptors (Lipinski definition) is 5. The Morgan fingerprint density at radius 1 is 1.17 bits per heavy atom. The van der Waals surface area contributed by atoms with Crippen LogP contribution in [0.1, 0.15) is 17.8 Å². The van der Waals surface area contributed by atoms with Crippen molar-refractivity contribution in [3.8, 4) is 0 Å². The molecule has 0 aromatic carbocycles. The molecule has 1 atom stereocenters. The molecular weight excluding hydrogens is 338 g/mol. The van der Waals surface area contributed by atoms with Crippen LogP contribution >= 0.6 is 12.4 Å². The summed E-state index contributed by atoms with van der Waals surface area (Å²) >= 11 is 0. The highest BCUT2D eigenvalue weighted by atomic mass is 35.5. The molecule has 0 spiro atoms. The maximum Gasteiger partial charge on any atom is 0.246 e. The third-order valence-corrected chi connectivity index (χ3v) is 7.02. The Hall–Kier alpha value is -0.670. The zero-order valence-corrected chi connectivity index (χ0v) is 15.6. The van der Waals surface area contributed by atoms with E-state index in [1.54, 1.807) is 23.0 Å². The van der Waals surface area contributed by atoms with Gasteiger partial charge in [-0.3, -0.25) is 9.58 Å². The first kappa shape index (κ1) is 18.7. The van der Waals surface area contributed by atoms with E-state index in [9.17, 15) is 8.42 Å². The quantitative estimate of drug-likeness (QED) is 0.826. The van der Waals surface area contributed by atoms with Gasteiger partial charge in [0.1, 0.15) is 4.90 Å². The summed E-state index contributed by atoms with van der Waals surface area (Å²) in [6.07, 6.45) is 1.16. The number of hydrogen-bond donors (Lipinski definition) is 1. The molecule has 0 radical (unpaired) electrons. The van der Waals surface area contributed by atoms with Crippen LogP contribution in [-0.2, 0) is 17.1 Å². The Balaban J connectivity index is 0.00000192. The minimum Gasteiger partial charge on any atom is -0.315 e. The Morgan fingerprint density at radius 3 is 2.30 bits per heavy atom. The molecule has 1 aromatic rings. The maximum atomic E-state index is 12.9. The van der Waals surface area contributed by atoms with Crippen LogP contribution in [0.15, 0.2) is 4.90 Å². The number of aryl methyl sites for hydroxylation is 2. The van der Waals surface area contributed by atoms with Crippen molar-refractivity contribution >= 4 is 22.4 Å². The lowest BCUT2D eigenvalue weighted by molar-refractivity contribution is 0.145. The van der Waals surface area contributed by atoms with Crippen molar-refractivity contribution in [2.45, 2.75) is 31.2 Å². The third-order valence-electron chi connectivity index (χ3n) is 4.86. The number of sulfonamides is 1. The molecule has 0 saturated carbocycles. The molecule has 2 aliphatic heterocycles. The Bertz CT molecular complexity index is 646. The molecule has 2 aliphatic rings. The molecule has 0 amide bonds. The van der Waals surface area contributed by atoms with Crippen LogP contribution in [0, 0.1) is 13.8 Å². The van der Waals surface area contributed by atoms with Crippen LogP contribution in [0.3, 0.4) is 0 Å². The molecule has 1 unspecified atom stereocenters. The van der Waals surface area contributed by atoms with Gasteiger partial charge in [0.2, 0.25) is 10.0 Å². The van der Waals surface area contributed by atoms with E-state index < -0.39 is 10.0 Å². The second-order valence-corrected chi connectivity index (χ2v) is 8.09. The highest BCUT2D eigenvalue weighted by molar-refractivity contribution is 7.89. The van der Waals surface area contributed by atoms with Crippen molar-refractivity contribution in [3.63, 3.8) is 0 Å². The van der Waals surface area contributed by atoms with Gasteiger partial charge in [0.15, 0.2) is 0 Å². The maximum absolute atomic E-state index is 12.9. The molecule has 23 heavy (non-hydrogen) atoms. The number of nitrogens with one attached hydrogen (secondary N) is 1. The van der Waals surface area contributed by atoms with Gasteiger partial charge >= 0.3 is 0 Å². The predicted molar refractivity (Wildman–Crippen MR) is 91.5 cm³/mol. The first-order valence-corrected chi connectivity index (χ1v) is 9.30. The summed E-state index contributed by atoms with van der Waals surface area (Å²) in [5, 5.41) is 7.61. The number of aromatic nitrogens is 2. The second-order valence-electron chi connectivity index (χ2n) is 6.21. The number of piperazine rings is 1. The number of rotatable bonds is 3. The molecule has 1 N–H and O–H groups in total. The van der Waals surface area contributed by atoms with E-state index in [1.807, 2.05) is 6.92 Å². The average Bonchev–Trinajstić information content (AvgIpc) is 3.08. The van der Waals surface area contributed by atoms with Gasteiger partial charge in [0.05, 0.1) is 11.4 Å². The molecule has 7 nitrogen and oxygen atoms in total. The smallest absolute Gasteiger partial charge is 0.246 e. The van der Waals surface area contributed by atoms with Gasteiger partial charge in [0, 0.05) is 45.8 Å². The van der Waals surface area contributed by atoms with E-state index in [-0.39, 0.29) is 12.4 Å². The monoisotopic (exact) mass is 363 g/mol. The van der Waals surface area contributed by atoms with Gasteiger partial charge in [-0.25, -0.2) is 8.42 Å². The summed E-state index contributed by atoms with van der Waals surface area (Å²) in [5.74, 6) is 0. The lowest BCUT2D eigenvalue weighted by Crippen LogP contribution is -2.52. The molecule has 132 valence electrons. The molecule has 1 aromatic heterocycles. The molecule has 3 rings (SSSR count). The summed E-state index contributed by atoms with van der Waals surface area (Å²) in [6.45, 7) is 8.41. The Kier molecular flexibility index (Phi) is 5.73. The third kappa shape index (κ3) is 3.41. The predicted octanol–water partition coefficient (Wildman–Crippen LogP) is 0.127. The summed E-state index contributed by atoms with van der Waals surface area (Å²) in [6, 6.07) is 0.562. The molecule has 0 aliphatic carbocycles. The molecule has 2 saturated heterocycles. The van der Waals surface area contributed by atoms with Crippen LogP contribution in [0.4, 0.5) is 0 Å². The van der Waals surface area contributed by atoms with E-state index >= 15 is 0 Å². The first-order valence-electron chi connectivity index (χ1n) is 7.86. The summed E-state index contributed by atoms with van der Waals surface area (Å²) < 4.78 is 29.1. The van der Waals surface area contributed by atoms with E-state index in [2.05, 4.69) is 15.3 Å². The van der Waals surface area contributed by atoms with Crippen molar-refractivity contribution in [1.82, 2.24) is 24.3 Å². The Labute approximate surface area is 144 Å². The largest absolute Gasteiger partial charge is 0.315 e. The van der Waals surface area contributed by atoms with E-state index in [4.69, 9.17) is 0 Å². The minimum atomic E-state index is -3.44. The normalized spacial score (nSPS) is 23.9. The standard InChI is InChI=1S/C14H25N5O2S.ClH/c1-11-14(12(2)17(3)16-11)22(20,21)19-8-6-18(7-9-19)13-4-5-15-10-13;/h13,15H,4-10H2,1-3H3;1H.